The molecule has 0 saturated carbocycles. The zero-order valence-electron chi connectivity index (χ0n) is 16.8. The van der Waals surface area contributed by atoms with Gasteiger partial charge in [-0.2, -0.15) is 11.8 Å². The van der Waals surface area contributed by atoms with Crippen LogP contribution < -0.4 is 0 Å². The van der Waals surface area contributed by atoms with E-state index in [9.17, 15) is 24.0 Å². The van der Waals surface area contributed by atoms with Crippen LogP contribution >= 0.6 is 11.8 Å². The van der Waals surface area contributed by atoms with E-state index in [2.05, 4.69) is 0 Å². The first-order chi connectivity index (χ1) is 13.3. The summed E-state index contributed by atoms with van der Waals surface area (Å²) in [6.45, 7) is 5.05. The molecule has 1 fully saturated rings. The Hall–Kier alpha value is -2.10. The van der Waals surface area contributed by atoms with E-state index in [0.717, 1.165) is 0 Å². The van der Waals surface area contributed by atoms with Gasteiger partial charge in [-0.25, -0.2) is 4.79 Å². The van der Waals surface area contributed by atoms with Gasteiger partial charge in [-0.15, -0.1) is 5.06 Å². The Balaban J connectivity index is 2.28. The van der Waals surface area contributed by atoms with Crippen LogP contribution in [0.3, 0.4) is 0 Å². The van der Waals surface area contributed by atoms with Gasteiger partial charge in [0.1, 0.15) is 0 Å². The van der Waals surface area contributed by atoms with Crippen LogP contribution in [0.25, 0.3) is 0 Å². The number of carbonyl (C=O) groups is 5. The van der Waals surface area contributed by atoms with Crippen LogP contribution in [0.1, 0.15) is 46.0 Å². The Labute approximate surface area is 169 Å². The SMILES string of the molecule is CCC(=O)N(C)CCN(CCSCCC(=O)ON1C(=O)CCC1=O)C(=O)CC. The Bertz CT molecular complexity index is 582. The number of hydroxylamine groups is 2. The number of amides is 4. The third-order valence-corrected chi connectivity index (χ3v) is 5.21. The lowest BCUT2D eigenvalue weighted by molar-refractivity contribution is -0.197. The third kappa shape index (κ3) is 7.87. The number of rotatable bonds is 12. The molecule has 1 aliphatic rings. The number of likely N-dealkylation sites (N-methyl/N-ethyl adjacent to an activating group) is 1. The first kappa shape index (κ1) is 23.9. The summed E-state index contributed by atoms with van der Waals surface area (Å²) in [5.41, 5.74) is 0. The van der Waals surface area contributed by atoms with Gasteiger partial charge in [0.15, 0.2) is 0 Å². The molecule has 0 radical (unpaired) electrons. The molecule has 0 aromatic carbocycles. The summed E-state index contributed by atoms with van der Waals surface area (Å²) in [6, 6.07) is 0. The molecule has 1 aliphatic heterocycles. The highest BCUT2D eigenvalue weighted by molar-refractivity contribution is 7.99. The number of hydrogen-bond acceptors (Lipinski definition) is 7. The molecule has 1 heterocycles. The number of hydrogen-bond donors (Lipinski definition) is 0. The highest BCUT2D eigenvalue weighted by Gasteiger charge is 2.32. The maximum Gasteiger partial charge on any atom is 0.334 e. The molecule has 158 valence electrons. The minimum atomic E-state index is -0.628. The molecule has 0 spiro atoms. The molecule has 0 N–H and O–H groups in total. The standard InChI is InChI=1S/C18H29N3O6S/c1-4-14(22)19(3)9-10-20(15(23)5-2)11-13-28-12-8-18(26)27-21-16(24)6-7-17(21)25/h4-13H2,1-3H3. The van der Waals surface area contributed by atoms with E-state index in [1.165, 1.54) is 11.8 Å². The predicted molar refractivity (Wildman–Crippen MR) is 104 cm³/mol. The average Bonchev–Trinajstić information content (AvgIpc) is 3.00. The molecule has 0 atom stereocenters. The lowest BCUT2D eigenvalue weighted by atomic mass is 10.3. The van der Waals surface area contributed by atoms with Crippen molar-refractivity contribution < 1.29 is 28.8 Å². The molecule has 4 amide bonds. The van der Waals surface area contributed by atoms with E-state index in [4.69, 9.17) is 4.84 Å². The van der Waals surface area contributed by atoms with Crippen molar-refractivity contribution >= 4 is 41.4 Å². The van der Waals surface area contributed by atoms with Crippen molar-refractivity contribution in [2.75, 3.05) is 38.2 Å². The summed E-state index contributed by atoms with van der Waals surface area (Å²) in [5, 5.41) is 0.544. The maximum atomic E-state index is 12.1. The fourth-order valence-electron chi connectivity index (χ4n) is 2.49. The topological polar surface area (TPSA) is 104 Å². The quantitative estimate of drug-likeness (QED) is 0.343. The van der Waals surface area contributed by atoms with Crippen LogP contribution in [-0.4, -0.2) is 82.6 Å². The maximum absolute atomic E-state index is 12.1. The van der Waals surface area contributed by atoms with E-state index in [1.807, 2.05) is 0 Å². The summed E-state index contributed by atoms with van der Waals surface area (Å²) >= 11 is 1.48. The number of imide groups is 1. The molecular weight excluding hydrogens is 386 g/mol. The van der Waals surface area contributed by atoms with Gasteiger partial charge in [0, 0.05) is 63.9 Å². The summed E-state index contributed by atoms with van der Waals surface area (Å²) in [6.07, 6.45) is 1.03. The molecule has 0 aliphatic carbocycles. The van der Waals surface area contributed by atoms with E-state index in [-0.39, 0.29) is 31.1 Å². The Morgan fingerprint density at radius 1 is 0.964 bits per heavy atom. The van der Waals surface area contributed by atoms with Crippen LogP contribution in [0, 0.1) is 0 Å². The summed E-state index contributed by atoms with van der Waals surface area (Å²) in [5.74, 6) is -0.478. The van der Waals surface area contributed by atoms with Crippen molar-refractivity contribution in [3.05, 3.63) is 0 Å². The molecule has 1 rings (SSSR count). The van der Waals surface area contributed by atoms with Crippen molar-refractivity contribution in [2.45, 2.75) is 46.0 Å². The van der Waals surface area contributed by atoms with Crippen LogP contribution in [0.15, 0.2) is 0 Å². The fraction of sp³-hybridized carbons (Fsp3) is 0.722. The lowest BCUT2D eigenvalue weighted by Gasteiger charge is -2.25. The van der Waals surface area contributed by atoms with Crippen molar-refractivity contribution in [1.29, 1.82) is 0 Å². The Morgan fingerprint density at radius 3 is 2.14 bits per heavy atom. The second-order valence-electron chi connectivity index (χ2n) is 6.31. The Morgan fingerprint density at radius 2 is 1.57 bits per heavy atom. The third-order valence-electron chi connectivity index (χ3n) is 4.24. The molecule has 0 bridgehead atoms. The van der Waals surface area contributed by atoms with Gasteiger partial charge in [0.2, 0.25) is 11.8 Å². The molecule has 0 aromatic rings. The predicted octanol–water partition coefficient (Wildman–Crippen LogP) is 0.824. The largest absolute Gasteiger partial charge is 0.344 e. The Kier molecular flexibility index (Phi) is 10.6. The highest BCUT2D eigenvalue weighted by Crippen LogP contribution is 2.13. The minimum Gasteiger partial charge on any atom is -0.344 e. The van der Waals surface area contributed by atoms with Crippen molar-refractivity contribution in [3.63, 3.8) is 0 Å². The van der Waals surface area contributed by atoms with Crippen molar-refractivity contribution in [2.24, 2.45) is 0 Å². The first-order valence-corrected chi connectivity index (χ1v) is 10.6. The van der Waals surface area contributed by atoms with E-state index < -0.39 is 17.8 Å². The minimum absolute atomic E-state index is 0.0171. The van der Waals surface area contributed by atoms with Gasteiger partial charge in [-0.3, -0.25) is 19.2 Å². The zero-order valence-corrected chi connectivity index (χ0v) is 17.6. The lowest BCUT2D eigenvalue weighted by Crippen LogP contribution is -2.40. The smallest absolute Gasteiger partial charge is 0.334 e. The van der Waals surface area contributed by atoms with E-state index in [0.29, 0.717) is 49.0 Å². The number of nitrogens with zero attached hydrogens (tertiary/aromatic N) is 3. The number of carbonyl (C=O) groups excluding carboxylic acids is 5. The first-order valence-electron chi connectivity index (χ1n) is 9.46. The van der Waals surface area contributed by atoms with Crippen LogP contribution in [0.5, 0.6) is 0 Å². The molecule has 10 heteroatoms. The normalized spacial score (nSPS) is 13.6. The average molecular weight is 416 g/mol. The van der Waals surface area contributed by atoms with E-state index in [1.54, 1.807) is 30.7 Å². The van der Waals surface area contributed by atoms with Crippen LogP contribution in [0.2, 0.25) is 0 Å². The summed E-state index contributed by atoms with van der Waals surface area (Å²) in [4.78, 5) is 66.3. The fourth-order valence-corrected chi connectivity index (χ4v) is 3.35. The zero-order chi connectivity index (χ0) is 21.1. The molecular formula is C18H29N3O6S. The molecule has 0 aromatic heterocycles. The molecule has 0 unspecified atom stereocenters. The summed E-state index contributed by atoms with van der Waals surface area (Å²) in [7, 11) is 1.72. The monoisotopic (exact) mass is 415 g/mol. The van der Waals surface area contributed by atoms with Crippen molar-refractivity contribution in [3.8, 4) is 0 Å². The van der Waals surface area contributed by atoms with Gasteiger partial charge < -0.3 is 14.6 Å². The molecule has 1 saturated heterocycles. The van der Waals surface area contributed by atoms with Gasteiger partial charge in [0.05, 0.1) is 6.42 Å². The van der Waals surface area contributed by atoms with Gasteiger partial charge in [-0.05, 0) is 0 Å². The van der Waals surface area contributed by atoms with E-state index >= 15 is 0 Å². The van der Waals surface area contributed by atoms with Gasteiger partial charge >= 0.3 is 5.97 Å². The molecule has 9 nitrogen and oxygen atoms in total. The van der Waals surface area contributed by atoms with Gasteiger partial charge in [-0.1, -0.05) is 13.8 Å². The highest BCUT2D eigenvalue weighted by atomic mass is 32.2. The van der Waals surface area contributed by atoms with Crippen molar-refractivity contribution in [1.82, 2.24) is 14.9 Å². The van der Waals surface area contributed by atoms with Crippen LogP contribution in [-0.2, 0) is 28.8 Å². The van der Waals surface area contributed by atoms with Crippen LogP contribution in [0.4, 0.5) is 0 Å². The molecule has 28 heavy (non-hydrogen) atoms. The second kappa shape index (κ2) is 12.4. The second-order valence-corrected chi connectivity index (χ2v) is 7.54. The number of thioether (sulfide) groups is 1. The van der Waals surface area contributed by atoms with Gasteiger partial charge in [0.25, 0.3) is 11.8 Å². The summed E-state index contributed by atoms with van der Waals surface area (Å²) < 4.78 is 0.